The standard InChI is InChI=1S/C13H25N3O/c1-2-4-14-5-7-15-6-3-13(12-15)16-8-10-17-11-9-16/h2,13-14H,1,3-12H2. The molecule has 98 valence electrons. The summed E-state index contributed by atoms with van der Waals surface area (Å²) in [4.78, 5) is 5.16. The lowest BCUT2D eigenvalue weighted by atomic mass is 10.2. The van der Waals surface area contributed by atoms with Crippen LogP contribution in [0.2, 0.25) is 0 Å². The number of nitrogens with zero attached hydrogens (tertiary/aromatic N) is 2. The van der Waals surface area contributed by atoms with E-state index in [0.29, 0.717) is 0 Å². The molecule has 0 aromatic rings. The van der Waals surface area contributed by atoms with Gasteiger partial charge >= 0.3 is 0 Å². The highest BCUT2D eigenvalue weighted by Crippen LogP contribution is 2.16. The first-order valence-electron chi connectivity index (χ1n) is 6.76. The summed E-state index contributed by atoms with van der Waals surface area (Å²) in [5, 5.41) is 3.36. The minimum Gasteiger partial charge on any atom is -0.379 e. The molecule has 2 fully saturated rings. The van der Waals surface area contributed by atoms with Crippen LogP contribution >= 0.6 is 0 Å². The van der Waals surface area contributed by atoms with Crippen molar-refractivity contribution < 1.29 is 4.74 Å². The van der Waals surface area contributed by atoms with Gasteiger partial charge in [-0.3, -0.25) is 4.90 Å². The number of hydrogen-bond donors (Lipinski definition) is 1. The Morgan fingerprint density at radius 2 is 2.12 bits per heavy atom. The maximum atomic E-state index is 5.40. The van der Waals surface area contributed by atoms with Crippen molar-refractivity contribution in [2.75, 3.05) is 59.0 Å². The van der Waals surface area contributed by atoms with Gasteiger partial charge in [0.15, 0.2) is 0 Å². The number of hydrogen-bond acceptors (Lipinski definition) is 4. The lowest BCUT2D eigenvalue weighted by Crippen LogP contribution is -2.45. The van der Waals surface area contributed by atoms with Crippen LogP contribution in [0.4, 0.5) is 0 Å². The van der Waals surface area contributed by atoms with E-state index < -0.39 is 0 Å². The van der Waals surface area contributed by atoms with Gasteiger partial charge in [-0.2, -0.15) is 0 Å². The Bertz CT molecular complexity index is 229. The fourth-order valence-corrected chi connectivity index (χ4v) is 2.70. The molecule has 2 aliphatic rings. The van der Waals surface area contributed by atoms with Crippen LogP contribution < -0.4 is 5.32 Å². The maximum absolute atomic E-state index is 5.40. The van der Waals surface area contributed by atoms with Gasteiger partial charge < -0.3 is 15.0 Å². The smallest absolute Gasteiger partial charge is 0.0594 e. The molecule has 2 saturated heterocycles. The minimum absolute atomic E-state index is 0.762. The van der Waals surface area contributed by atoms with Gasteiger partial charge in [-0.1, -0.05) is 6.08 Å². The topological polar surface area (TPSA) is 27.7 Å². The molecule has 0 bridgehead atoms. The molecule has 2 rings (SSSR count). The van der Waals surface area contributed by atoms with E-state index >= 15 is 0 Å². The monoisotopic (exact) mass is 239 g/mol. The molecule has 1 unspecified atom stereocenters. The first-order valence-corrected chi connectivity index (χ1v) is 6.76. The van der Waals surface area contributed by atoms with E-state index in [2.05, 4.69) is 21.7 Å². The molecular formula is C13H25N3O. The first kappa shape index (κ1) is 13.0. The van der Waals surface area contributed by atoms with E-state index in [1.54, 1.807) is 0 Å². The SMILES string of the molecule is C=CCNCCN1CCC(N2CCOCC2)C1. The van der Waals surface area contributed by atoms with Crippen LogP contribution in [0.1, 0.15) is 6.42 Å². The Labute approximate surface area is 105 Å². The van der Waals surface area contributed by atoms with Crippen molar-refractivity contribution in [1.29, 1.82) is 0 Å². The molecule has 2 aliphatic heterocycles. The number of ether oxygens (including phenoxy) is 1. The Balaban J connectivity index is 1.62. The van der Waals surface area contributed by atoms with Crippen LogP contribution in [0.15, 0.2) is 12.7 Å². The highest BCUT2D eigenvalue weighted by Gasteiger charge is 2.28. The molecule has 0 aromatic heterocycles. The lowest BCUT2D eigenvalue weighted by molar-refractivity contribution is 0.0185. The molecular weight excluding hydrogens is 214 g/mol. The van der Waals surface area contributed by atoms with Gasteiger partial charge in [0.2, 0.25) is 0 Å². The summed E-state index contributed by atoms with van der Waals surface area (Å²) in [6.07, 6.45) is 3.24. The van der Waals surface area contributed by atoms with E-state index in [9.17, 15) is 0 Å². The largest absolute Gasteiger partial charge is 0.379 e. The summed E-state index contributed by atoms with van der Waals surface area (Å²) in [5.41, 5.74) is 0. The van der Waals surface area contributed by atoms with Gasteiger partial charge in [0, 0.05) is 45.3 Å². The molecule has 0 spiro atoms. The Morgan fingerprint density at radius 1 is 1.29 bits per heavy atom. The quantitative estimate of drug-likeness (QED) is 0.528. The van der Waals surface area contributed by atoms with Gasteiger partial charge in [-0.15, -0.1) is 6.58 Å². The maximum Gasteiger partial charge on any atom is 0.0594 e. The molecule has 1 N–H and O–H groups in total. The van der Waals surface area contributed by atoms with Crippen LogP contribution in [0.25, 0.3) is 0 Å². The molecule has 1 atom stereocenters. The van der Waals surface area contributed by atoms with Crippen LogP contribution in [-0.2, 0) is 4.74 Å². The number of nitrogens with one attached hydrogen (secondary N) is 1. The van der Waals surface area contributed by atoms with Gasteiger partial charge in [0.25, 0.3) is 0 Å². The van der Waals surface area contributed by atoms with Crippen molar-refractivity contribution in [2.24, 2.45) is 0 Å². The van der Waals surface area contributed by atoms with E-state index in [1.165, 1.54) is 19.5 Å². The van der Waals surface area contributed by atoms with E-state index in [-0.39, 0.29) is 0 Å². The van der Waals surface area contributed by atoms with Crippen LogP contribution in [0, 0.1) is 0 Å². The zero-order chi connectivity index (χ0) is 11.9. The van der Waals surface area contributed by atoms with Crippen molar-refractivity contribution in [2.45, 2.75) is 12.5 Å². The average Bonchev–Trinajstić information content (AvgIpc) is 2.85. The molecule has 0 aliphatic carbocycles. The Hall–Kier alpha value is -0.420. The average molecular weight is 239 g/mol. The molecule has 4 nitrogen and oxygen atoms in total. The van der Waals surface area contributed by atoms with Crippen molar-refractivity contribution in [3.63, 3.8) is 0 Å². The zero-order valence-electron chi connectivity index (χ0n) is 10.7. The Kier molecular flexibility index (Phi) is 5.45. The summed E-state index contributed by atoms with van der Waals surface area (Å²) in [7, 11) is 0. The highest BCUT2D eigenvalue weighted by atomic mass is 16.5. The first-order chi connectivity index (χ1) is 8.40. The molecule has 2 heterocycles. The fourth-order valence-electron chi connectivity index (χ4n) is 2.70. The van der Waals surface area contributed by atoms with Crippen molar-refractivity contribution in [1.82, 2.24) is 15.1 Å². The third-order valence-electron chi connectivity index (χ3n) is 3.70. The number of likely N-dealkylation sites (tertiary alicyclic amines) is 1. The number of morpholine rings is 1. The molecule has 0 saturated carbocycles. The summed E-state index contributed by atoms with van der Waals surface area (Å²) >= 11 is 0. The van der Waals surface area contributed by atoms with Crippen LogP contribution in [0.3, 0.4) is 0 Å². The van der Waals surface area contributed by atoms with Crippen molar-refractivity contribution in [3.8, 4) is 0 Å². The highest BCUT2D eigenvalue weighted by molar-refractivity contribution is 4.84. The number of rotatable bonds is 6. The second kappa shape index (κ2) is 7.11. The normalized spacial score (nSPS) is 27.4. The van der Waals surface area contributed by atoms with Crippen molar-refractivity contribution >= 4 is 0 Å². The van der Waals surface area contributed by atoms with Gasteiger partial charge in [-0.05, 0) is 13.0 Å². The molecule has 0 aromatic carbocycles. The third-order valence-corrected chi connectivity index (χ3v) is 3.70. The molecule has 17 heavy (non-hydrogen) atoms. The van der Waals surface area contributed by atoms with E-state index in [1.807, 2.05) is 6.08 Å². The third kappa shape index (κ3) is 4.07. The zero-order valence-corrected chi connectivity index (χ0v) is 10.7. The van der Waals surface area contributed by atoms with E-state index in [0.717, 1.165) is 52.0 Å². The minimum atomic E-state index is 0.762. The fraction of sp³-hybridized carbons (Fsp3) is 0.846. The van der Waals surface area contributed by atoms with Gasteiger partial charge in [-0.25, -0.2) is 0 Å². The Morgan fingerprint density at radius 3 is 2.88 bits per heavy atom. The predicted octanol–water partition coefficient (Wildman–Crippen LogP) is 0.169. The summed E-state index contributed by atoms with van der Waals surface area (Å²) in [5.74, 6) is 0. The van der Waals surface area contributed by atoms with Crippen LogP contribution in [0.5, 0.6) is 0 Å². The molecule has 0 amide bonds. The second-order valence-corrected chi connectivity index (χ2v) is 4.88. The molecule has 4 heteroatoms. The van der Waals surface area contributed by atoms with Crippen LogP contribution in [-0.4, -0.2) is 74.9 Å². The van der Waals surface area contributed by atoms with Gasteiger partial charge in [0.1, 0.15) is 0 Å². The summed E-state index contributed by atoms with van der Waals surface area (Å²) in [6.45, 7) is 13.4. The van der Waals surface area contributed by atoms with E-state index in [4.69, 9.17) is 4.74 Å². The summed E-state index contributed by atoms with van der Waals surface area (Å²) in [6, 6.07) is 0.762. The lowest BCUT2D eigenvalue weighted by Gasteiger charge is -2.32. The molecule has 0 radical (unpaired) electrons. The van der Waals surface area contributed by atoms with Crippen molar-refractivity contribution in [3.05, 3.63) is 12.7 Å². The second-order valence-electron chi connectivity index (χ2n) is 4.88. The predicted molar refractivity (Wildman–Crippen MR) is 70.3 cm³/mol. The van der Waals surface area contributed by atoms with Gasteiger partial charge in [0.05, 0.1) is 13.2 Å². The summed E-state index contributed by atoms with van der Waals surface area (Å²) < 4.78 is 5.40.